The molecule has 0 amide bonds. The third kappa shape index (κ3) is 2.08. The van der Waals surface area contributed by atoms with Gasteiger partial charge in [0.05, 0.1) is 12.0 Å². The maximum atomic E-state index is 5.86. The van der Waals surface area contributed by atoms with E-state index in [4.69, 9.17) is 10.5 Å². The van der Waals surface area contributed by atoms with E-state index >= 15 is 0 Å². The number of thiophene rings is 1. The van der Waals surface area contributed by atoms with E-state index < -0.39 is 0 Å². The third-order valence-electron chi connectivity index (χ3n) is 2.60. The van der Waals surface area contributed by atoms with Crippen molar-refractivity contribution >= 4 is 11.3 Å². The quantitative estimate of drug-likeness (QED) is 0.820. The highest BCUT2D eigenvalue weighted by molar-refractivity contribution is 7.10. The summed E-state index contributed by atoms with van der Waals surface area (Å²) in [6, 6.07) is 2.39. The highest BCUT2D eigenvalue weighted by Gasteiger charge is 2.20. The molecule has 0 aliphatic carbocycles. The first-order valence-electron chi connectivity index (χ1n) is 4.88. The fourth-order valence-corrected chi connectivity index (χ4v) is 2.72. The summed E-state index contributed by atoms with van der Waals surface area (Å²) in [7, 11) is 1.72. The monoisotopic (exact) mass is 212 g/mol. The predicted octanol–water partition coefficient (Wildman–Crippen LogP) is 1.29. The number of hydrogen-bond donors (Lipinski definition) is 1. The maximum Gasteiger partial charge on any atom is 0.134 e. The van der Waals surface area contributed by atoms with E-state index in [0.29, 0.717) is 6.04 Å². The van der Waals surface area contributed by atoms with E-state index in [0.717, 1.165) is 31.8 Å². The Morgan fingerprint density at radius 2 is 2.57 bits per heavy atom. The molecule has 2 N–H and O–H groups in total. The molecule has 1 fully saturated rings. The second-order valence-electron chi connectivity index (χ2n) is 3.70. The highest BCUT2D eigenvalue weighted by atomic mass is 32.1. The fraction of sp³-hybridized carbons (Fsp3) is 0.600. The lowest BCUT2D eigenvalue weighted by atomic mass is 10.3. The molecule has 0 radical (unpaired) electrons. The van der Waals surface area contributed by atoms with Gasteiger partial charge in [0, 0.05) is 25.7 Å². The van der Waals surface area contributed by atoms with Gasteiger partial charge < -0.3 is 10.5 Å². The Labute approximate surface area is 88.5 Å². The van der Waals surface area contributed by atoms with Crippen LogP contribution in [0.1, 0.15) is 11.3 Å². The van der Waals surface area contributed by atoms with Gasteiger partial charge in [-0.1, -0.05) is 0 Å². The summed E-state index contributed by atoms with van der Waals surface area (Å²) in [5, 5.41) is 2.07. The van der Waals surface area contributed by atoms with E-state index in [-0.39, 0.29) is 0 Å². The molecule has 2 rings (SSSR count). The topological polar surface area (TPSA) is 38.5 Å². The van der Waals surface area contributed by atoms with Crippen LogP contribution in [0.15, 0.2) is 11.4 Å². The van der Waals surface area contributed by atoms with Gasteiger partial charge in [-0.15, -0.1) is 11.3 Å². The summed E-state index contributed by atoms with van der Waals surface area (Å²) in [6.07, 6.45) is 1.12. The average molecular weight is 212 g/mol. The molecule has 1 aromatic rings. The van der Waals surface area contributed by atoms with Crippen molar-refractivity contribution in [2.75, 3.05) is 20.2 Å². The molecule has 0 unspecified atom stereocenters. The Morgan fingerprint density at radius 3 is 3.21 bits per heavy atom. The Kier molecular flexibility index (Phi) is 3.05. The molecule has 0 aromatic carbocycles. The van der Waals surface area contributed by atoms with Gasteiger partial charge in [-0.05, 0) is 17.9 Å². The number of ether oxygens (including phenoxy) is 1. The van der Waals surface area contributed by atoms with Gasteiger partial charge in [0.1, 0.15) is 5.75 Å². The Bertz CT molecular complexity index is 300. The minimum Gasteiger partial charge on any atom is -0.496 e. The van der Waals surface area contributed by atoms with Crippen LogP contribution in [0.4, 0.5) is 0 Å². The van der Waals surface area contributed by atoms with E-state index in [1.807, 2.05) is 6.07 Å². The maximum absolute atomic E-state index is 5.86. The first-order valence-corrected chi connectivity index (χ1v) is 5.76. The van der Waals surface area contributed by atoms with E-state index in [1.165, 1.54) is 4.88 Å². The molecule has 0 bridgehead atoms. The van der Waals surface area contributed by atoms with Crippen LogP contribution < -0.4 is 10.5 Å². The second kappa shape index (κ2) is 4.29. The molecular formula is C10H16N2OS. The third-order valence-corrected chi connectivity index (χ3v) is 3.49. The van der Waals surface area contributed by atoms with Crippen LogP contribution in [0, 0.1) is 0 Å². The summed E-state index contributed by atoms with van der Waals surface area (Å²) in [5.74, 6) is 1.01. The van der Waals surface area contributed by atoms with Gasteiger partial charge in [0.25, 0.3) is 0 Å². The zero-order valence-corrected chi connectivity index (χ0v) is 9.22. The van der Waals surface area contributed by atoms with Gasteiger partial charge in [0.2, 0.25) is 0 Å². The van der Waals surface area contributed by atoms with Crippen molar-refractivity contribution in [3.05, 3.63) is 16.3 Å². The van der Waals surface area contributed by atoms with Crippen LogP contribution in [0.3, 0.4) is 0 Å². The molecule has 2 heterocycles. The summed E-state index contributed by atoms with van der Waals surface area (Å²) in [4.78, 5) is 3.69. The molecule has 14 heavy (non-hydrogen) atoms. The van der Waals surface area contributed by atoms with Crippen molar-refractivity contribution in [2.45, 2.75) is 19.0 Å². The summed E-state index contributed by atoms with van der Waals surface area (Å²) >= 11 is 1.75. The van der Waals surface area contributed by atoms with E-state index in [9.17, 15) is 0 Å². The summed E-state index contributed by atoms with van der Waals surface area (Å²) < 4.78 is 5.27. The molecule has 1 aliphatic rings. The predicted molar refractivity (Wildman–Crippen MR) is 58.7 cm³/mol. The number of nitrogens with two attached hydrogens (primary N) is 1. The largest absolute Gasteiger partial charge is 0.496 e. The van der Waals surface area contributed by atoms with Gasteiger partial charge >= 0.3 is 0 Å². The molecule has 1 atom stereocenters. The number of rotatable bonds is 3. The van der Waals surface area contributed by atoms with Crippen molar-refractivity contribution in [3.8, 4) is 5.75 Å². The van der Waals surface area contributed by atoms with Crippen molar-refractivity contribution in [3.63, 3.8) is 0 Å². The normalized spacial score (nSPS) is 22.9. The Morgan fingerprint density at radius 1 is 1.71 bits per heavy atom. The lowest BCUT2D eigenvalue weighted by molar-refractivity contribution is 0.321. The Hall–Kier alpha value is -0.580. The second-order valence-corrected chi connectivity index (χ2v) is 4.70. The smallest absolute Gasteiger partial charge is 0.134 e. The molecule has 1 aromatic heterocycles. The first-order chi connectivity index (χ1) is 6.79. The lowest BCUT2D eigenvalue weighted by Crippen LogP contribution is -2.26. The number of likely N-dealkylation sites (tertiary alicyclic amines) is 1. The van der Waals surface area contributed by atoms with E-state index in [1.54, 1.807) is 18.4 Å². The molecule has 4 heteroatoms. The van der Waals surface area contributed by atoms with E-state index in [2.05, 4.69) is 10.3 Å². The average Bonchev–Trinajstić information content (AvgIpc) is 2.76. The zero-order chi connectivity index (χ0) is 9.97. The minimum absolute atomic E-state index is 0.362. The van der Waals surface area contributed by atoms with Crippen LogP contribution in [0.2, 0.25) is 0 Å². The zero-order valence-electron chi connectivity index (χ0n) is 8.40. The lowest BCUT2D eigenvalue weighted by Gasteiger charge is -2.14. The van der Waals surface area contributed by atoms with Gasteiger partial charge in [0.15, 0.2) is 0 Å². The summed E-state index contributed by atoms with van der Waals surface area (Å²) in [5.41, 5.74) is 5.86. The summed E-state index contributed by atoms with van der Waals surface area (Å²) in [6.45, 7) is 3.11. The van der Waals surface area contributed by atoms with Gasteiger partial charge in [-0.25, -0.2) is 0 Å². The molecule has 1 aliphatic heterocycles. The molecule has 1 saturated heterocycles. The van der Waals surface area contributed by atoms with Crippen LogP contribution in [0.5, 0.6) is 5.75 Å². The fourth-order valence-electron chi connectivity index (χ4n) is 1.84. The number of methoxy groups -OCH3 is 1. The Balaban J connectivity index is 1.97. The van der Waals surface area contributed by atoms with Crippen molar-refractivity contribution < 1.29 is 4.74 Å². The molecule has 0 spiro atoms. The van der Waals surface area contributed by atoms with Crippen molar-refractivity contribution in [1.29, 1.82) is 0 Å². The standard InChI is InChI=1S/C10H16N2OS/c1-13-9-3-5-14-10(9)7-12-4-2-8(11)6-12/h3,5,8H,2,4,6-7,11H2,1H3/t8-/m1/s1. The van der Waals surface area contributed by atoms with Crippen LogP contribution in [-0.2, 0) is 6.54 Å². The number of nitrogens with zero attached hydrogens (tertiary/aromatic N) is 1. The van der Waals surface area contributed by atoms with Crippen molar-refractivity contribution in [2.24, 2.45) is 5.73 Å². The molecular weight excluding hydrogens is 196 g/mol. The molecule has 78 valence electrons. The van der Waals surface area contributed by atoms with Gasteiger partial charge in [-0.2, -0.15) is 0 Å². The SMILES string of the molecule is COc1ccsc1CN1CC[C@@H](N)C1. The van der Waals surface area contributed by atoms with Gasteiger partial charge in [-0.3, -0.25) is 4.90 Å². The molecule has 3 nitrogen and oxygen atoms in total. The number of hydrogen-bond acceptors (Lipinski definition) is 4. The van der Waals surface area contributed by atoms with Crippen LogP contribution in [0.25, 0.3) is 0 Å². The van der Waals surface area contributed by atoms with Crippen LogP contribution in [-0.4, -0.2) is 31.1 Å². The highest BCUT2D eigenvalue weighted by Crippen LogP contribution is 2.26. The van der Waals surface area contributed by atoms with Crippen LogP contribution >= 0.6 is 11.3 Å². The van der Waals surface area contributed by atoms with Crippen molar-refractivity contribution in [1.82, 2.24) is 4.90 Å². The molecule has 0 saturated carbocycles. The minimum atomic E-state index is 0.362. The first kappa shape index (κ1) is 9.96.